The zero-order chi connectivity index (χ0) is 26.9. The first-order chi connectivity index (χ1) is 15.9. The van der Waals surface area contributed by atoms with E-state index in [9.17, 15) is 4.79 Å². The smallest absolute Gasteiger partial charge is 0.143 e. The van der Waals surface area contributed by atoms with Gasteiger partial charge in [0, 0.05) is 22.9 Å². The highest BCUT2D eigenvalue weighted by Gasteiger charge is 2.51. The first-order valence-corrected chi connectivity index (χ1v) is 13.2. The fraction of sp³-hybridized carbons (Fsp3) is 0.606. The van der Waals surface area contributed by atoms with E-state index in [1.807, 2.05) is 20.8 Å². The molecule has 0 aliphatic carbocycles. The van der Waals surface area contributed by atoms with Crippen LogP contribution in [0.3, 0.4) is 0 Å². The maximum atomic E-state index is 13.6. The Bertz CT molecular complexity index is 968. The van der Waals surface area contributed by atoms with Gasteiger partial charge < -0.3 is 4.74 Å². The monoisotopic (exact) mass is 478 g/mol. The minimum atomic E-state index is -0.531. The van der Waals surface area contributed by atoms with Crippen molar-refractivity contribution < 1.29 is 9.53 Å². The largest absolute Gasteiger partial charge is 0.370 e. The van der Waals surface area contributed by atoms with Crippen LogP contribution in [-0.2, 0) is 20.5 Å². The van der Waals surface area contributed by atoms with E-state index >= 15 is 0 Å². The number of ketones is 1. The third kappa shape index (κ3) is 6.26. The van der Waals surface area contributed by atoms with E-state index in [2.05, 4.69) is 117 Å². The molecule has 0 aromatic heterocycles. The van der Waals surface area contributed by atoms with Crippen LogP contribution >= 0.6 is 0 Å². The number of hydrogen-bond donors (Lipinski definition) is 0. The van der Waals surface area contributed by atoms with Crippen molar-refractivity contribution in [3.63, 3.8) is 0 Å². The lowest BCUT2D eigenvalue weighted by Gasteiger charge is -2.51. The summed E-state index contributed by atoms with van der Waals surface area (Å²) < 4.78 is 6.62. The van der Waals surface area contributed by atoms with Crippen molar-refractivity contribution in [2.45, 2.75) is 106 Å². The quantitative estimate of drug-likeness (QED) is 0.359. The van der Waals surface area contributed by atoms with Gasteiger partial charge in [-0.15, -0.1) is 0 Å². The lowest BCUT2D eigenvalue weighted by Crippen LogP contribution is -2.48. The van der Waals surface area contributed by atoms with Crippen LogP contribution in [0, 0.1) is 16.2 Å². The number of hydrogen-bond acceptors (Lipinski definition) is 2. The number of ether oxygens (including phenoxy) is 1. The molecule has 35 heavy (non-hydrogen) atoms. The molecule has 2 aromatic carbocycles. The molecule has 2 nitrogen and oxygen atoms in total. The van der Waals surface area contributed by atoms with E-state index in [0.717, 1.165) is 6.42 Å². The Balaban J connectivity index is 2.71. The standard InChI is InChI=1S/C33H50O2/c1-13-35-33(12,26-17-15-14-16-18-26)32(10,11)27(23-31(8,9)28(34)30(5,6)7)24-19-21-25(22-20-24)29(2,3)4/h14-22,27H,13,23H2,1-12H3. The highest BCUT2D eigenvalue weighted by molar-refractivity contribution is 5.88. The van der Waals surface area contributed by atoms with Crippen LogP contribution in [0.5, 0.6) is 0 Å². The molecule has 2 atom stereocenters. The van der Waals surface area contributed by atoms with Gasteiger partial charge in [-0.3, -0.25) is 4.79 Å². The van der Waals surface area contributed by atoms with E-state index in [4.69, 9.17) is 4.74 Å². The number of Topliss-reactive ketones (excluding diaryl/α,β-unsaturated/α-hetero) is 1. The normalized spacial score (nSPS) is 16.0. The Morgan fingerprint density at radius 1 is 0.743 bits per heavy atom. The lowest BCUT2D eigenvalue weighted by molar-refractivity contribution is -0.142. The van der Waals surface area contributed by atoms with Crippen LogP contribution in [0.4, 0.5) is 0 Å². The van der Waals surface area contributed by atoms with Crippen LogP contribution in [-0.4, -0.2) is 12.4 Å². The molecule has 2 aromatic rings. The first kappa shape index (κ1) is 29.3. The number of carbonyl (C=O) groups excluding carboxylic acids is 1. The minimum absolute atomic E-state index is 0.0922. The Labute approximate surface area is 215 Å². The molecule has 0 aliphatic heterocycles. The van der Waals surface area contributed by atoms with Gasteiger partial charge in [0.25, 0.3) is 0 Å². The Kier molecular flexibility index (Phi) is 8.55. The molecule has 0 fully saturated rings. The third-order valence-corrected chi connectivity index (χ3v) is 8.05. The minimum Gasteiger partial charge on any atom is -0.370 e. The predicted molar refractivity (Wildman–Crippen MR) is 150 cm³/mol. The van der Waals surface area contributed by atoms with Gasteiger partial charge in [-0.25, -0.2) is 0 Å². The first-order valence-electron chi connectivity index (χ1n) is 13.2. The second-order valence-corrected chi connectivity index (χ2v) is 13.6. The molecule has 0 amide bonds. The Morgan fingerprint density at radius 3 is 1.69 bits per heavy atom. The zero-order valence-corrected chi connectivity index (χ0v) is 24.5. The molecule has 194 valence electrons. The summed E-state index contributed by atoms with van der Waals surface area (Å²) in [6.07, 6.45) is 0.750. The van der Waals surface area contributed by atoms with Gasteiger partial charge in [0.2, 0.25) is 0 Å². The maximum Gasteiger partial charge on any atom is 0.143 e. The molecule has 0 saturated heterocycles. The van der Waals surface area contributed by atoms with Gasteiger partial charge in [0.15, 0.2) is 0 Å². The molecule has 0 bridgehead atoms. The average molecular weight is 479 g/mol. The molecule has 2 heteroatoms. The van der Waals surface area contributed by atoms with E-state index in [1.54, 1.807) is 0 Å². The van der Waals surface area contributed by atoms with Gasteiger partial charge >= 0.3 is 0 Å². The predicted octanol–water partition coefficient (Wildman–Crippen LogP) is 9.08. The van der Waals surface area contributed by atoms with Gasteiger partial charge in [0.1, 0.15) is 5.78 Å². The molecule has 0 aliphatic rings. The van der Waals surface area contributed by atoms with Gasteiger partial charge in [-0.1, -0.05) is 124 Å². The van der Waals surface area contributed by atoms with Crippen molar-refractivity contribution in [1.82, 2.24) is 0 Å². The highest BCUT2D eigenvalue weighted by Crippen LogP contribution is 2.55. The molecule has 0 radical (unpaired) electrons. The molecule has 0 saturated carbocycles. The SMILES string of the molecule is CCOC(C)(c1ccccc1)C(C)(C)C(CC(C)(C)C(=O)C(C)(C)C)c1ccc(C(C)(C)C)cc1. The number of carbonyl (C=O) groups is 1. The van der Waals surface area contributed by atoms with E-state index in [-0.39, 0.29) is 16.7 Å². The second-order valence-electron chi connectivity index (χ2n) is 13.6. The molecule has 2 rings (SSSR count). The van der Waals surface area contributed by atoms with Crippen molar-refractivity contribution in [3.05, 3.63) is 71.3 Å². The van der Waals surface area contributed by atoms with E-state index in [0.29, 0.717) is 12.4 Å². The summed E-state index contributed by atoms with van der Waals surface area (Å²) >= 11 is 0. The van der Waals surface area contributed by atoms with Crippen LogP contribution in [0.15, 0.2) is 54.6 Å². The summed E-state index contributed by atoms with van der Waals surface area (Å²) in [5, 5.41) is 0. The summed E-state index contributed by atoms with van der Waals surface area (Å²) in [6, 6.07) is 19.6. The number of rotatable bonds is 9. The molecule has 0 heterocycles. The van der Waals surface area contributed by atoms with Crippen LogP contribution in [0.1, 0.15) is 112 Å². The van der Waals surface area contributed by atoms with Gasteiger partial charge in [0.05, 0.1) is 5.60 Å². The summed E-state index contributed by atoms with van der Waals surface area (Å²) in [6.45, 7) is 26.6. The van der Waals surface area contributed by atoms with Crippen LogP contribution in [0.2, 0.25) is 0 Å². The zero-order valence-electron chi connectivity index (χ0n) is 24.5. The molecule has 0 N–H and O–H groups in total. The Hall–Kier alpha value is -1.93. The fourth-order valence-electron chi connectivity index (χ4n) is 5.64. The van der Waals surface area contributed by atoms with Crippen molar-refractivity contribution in [2.24, 2.45) is 16.2 Å². The van der Waals surface area contributed by atoms with Gasteiger partial charge in [-0.2, -0.15) is 0 Å². The van der Waals surface area contributed by atoms with Crippen molar-refractivity contribution in [3.8, 4) is 0 Å². The molecular weight excluding hydrogens is 428 g/mol. The number of benzene rings is 2. The van der Waals surface area contributed by atoms with Gasteiger partial charge in [-0.05, 0) is 48.3 Å². The lowest BCUT2D eigenvalue weighted by atomic mass is 9.57. The van der Waals surface area contributed by atoms with Crippen molar-refractivity contribution in [1.29, 1.82) is 0 Å². The Morgan fingerprint density at radius 2 is 1.26 bits per heavy atom. The second kappa shape index (κ2) is 10.2. The van der Waals surface area contributed by atoms with Crippen LogP contribution < -0.4 is 0 Å². The third-order valence-electron chi connectivity index (χ3n) is 8.05. The fourth-order valence-corrected chi connectivity index (χ4v) is 5.64. The molecular formula is C33H50O2. The molecule has 0 spiro atoms. The summed E-state index contributed by atoms with van der Waals surface area (Å²) in [7, 11) is 0. The highest BCUT2D eigenvalue weighted by atomic mass is 16.5. The summed E-state index contributed by atoms with van der Waals surface area (Å²) in [5.41, 5.74) is 2.14. The topological polar surface area (TPSA) is 26.3 Å². The van der Waals surface area contributed by atoms with Crippen LogP contribution in [0.25, 0.3) is 0 Å². The van der Waals surface area contributed by atoms with E-state index < -0.39 is 16.4 Å². The van der Waals surface area contributed by atoms with Crippen molar-refractivity contribution >= 4 is 5.78 Å². The van der Waals surface area contributed by atoms with Crippen molar-refractivity contribution in [2.75, 3.05) is 6.61 Å². The maximum absolute atomic E-state index is 13.6. The summed E-state index contributed by atoms with van der Waals surface area (Å²) in [4.78, 5) is 13.6. The molecule has 2 unspecified atom stereocenters. The summed E-state index contributed by atoms with van der Waals surface area (Å²) in [5.74, 6) is 0.407. The average Bonchev–Trinajstić information content (AvgIpc) is 2.76. The van der Waals surface area contributed by atoms with E-state index in [1.165, 1.54) is 16.7 Å².